The lowest BCUT2D eigenvalue weighted by atomic mass is 10.0. The van der Waals surface area contributed by atoms with Gasteiger partial charge < -0.3 is 18.9 Å². The number of esters is 1. The summed E-state index contributed by atoms with van der Waals surface area (Å²) in [6, 6.07) is 23.2. The molecule has 0 saturated carbocycles. The van der Waals surface area contributed by atoms with Crippen molar-refractivity contribution in [2.75, 3.05) is 20.3 Å². The van der Waals surface area contributed by atoms with Gasteiger partial charge in [-0.1, -0.05) is 24.3 Å². The van der Waals surface area contributed by atoms with Crippen LogP contribution in [0.1, 0.15) is 58.4 Å². The maximum absolute atomic E-state index is 12.3. The van der Waals surface area contributed by atoms with Gasteiger partial charge in [0.05, 0.1) is 43.2 Å². The van der Waals surface area contributed by atoms with Gasteiger partial charge >= 0.3 is 5.97 Å². The quantitative estimate of drug-likeness (QED) is 0.171. The summed E-state index contributed by atoms with van der Waals surface area (Å²) in [6.07, 6.45) is 2.06. The van der Waals surface area contributed by atoms with Crippen LogP contribution < -0.4 is 14.2 Å². The second-order valence-corrected chi connectivity index (χ2v) is 10.6. The molecule has 0 fully saturated rings. The third-order valence-corrected chi connectivity index (χ3v) is 7.39. The van der Waals surface area contributed by atoms with Crippen molar-refractivity contribution in [3.63, 3.8) is 0 Å². The summed E-state index contributed by atoms with van der Waals surface area (Å²) in [7, 11) is 1.56. The SMILES string of the molecule is CCOC(=O)c1cc(C)c(N=C(C)Cc2ccc3cc2OCCCc2cc(C#N)ccc2COc2cccc-3n2)c(OC)c1. The van der Waals surface area contributed by atoms with Gasteiger partial charge in [0.15, 0.2) is 0 Å². The number of nitriles is 1. The number of fused-ring (bicyclic) bond motifs is 6. The van der Waals surface area contributed by atoms with Gasteiger partial charge in [0.2, 0.25) is 5.88 Å². The van der Waals surface area contributed by atoms with Crippen LogP contribution in [-0.4, -0.2) is 37.0 Å². The highest BCUT2D eigenvalue weighted by molar-refractivity contribution is 5.93. The lowest BCUT2D eigenvalue weighted by Gasteiger charge is -2.16. The number of aryl methyl sites for hydroxylation is 2. The molecule has 3 aromatic carbocycles. The Morgan fingerprint density at radius 1 is 1.07 bits per heavy atom. The zero-order valence-electron chi connectivity index (χ0n) is 25.5. The van der Waals surface area contributed by atoms with Crippen LogP contribution in [0.4, 0.5) is 5.69 Å². The smallest absolute Gasteiger partial charge is 0.338 e. The van der Waals surface area contributed by atoms with Crippen molar-refractivity contribution in [1.29, 1.82) is 5.26 Å². The fraction of sp³-hybridized carbons (Fsp3) is 0.278. The summed E-state index contributed by atoms with van der Waals surface area (Å²) < 4.78 is 23.2. The van der Waals surface area contributed by atoms with Crippen LogP contribution in [0.5, 0.6) is 17.4 Å². The van der Waals surface area contributed by atoms with Gasteiger partial charge in [0.1, 0.15) is 23.8 Å². The number of carbonyl (C=O) groups excluding carboxylic acids is 1. The predicted octanol–water partition coefficient (Wildman–Crippen LogP) is 7.35. The number of carbonyl (C=O) groups is 1. The second kappa shape index (κ2) is 13.9. The Hall–Kier alpha value is -5.16. The van der Waals surface area contributed by atoms with Gasteiger partial charge in [-0.2, -0.15) is 5.26 Å². The third-order valence-electron chi connectivity index (χ3n) is 7.39. The van der Waals surface area contributed by atoms with Crippen molar-refractivity contribution < 1.29 is 23.7 Å². The third kappa shape index (κ3) is 7.07. The molecular formula is C36H35N3O5. The highest BCUT2D eigenvalue weighted by Crippen LogP contribution is 2.34. The lowest BCUT2D eigenvalue weighted by Crippen LogP contribution is -2.08. The number of pyridine rings is 1. The van der Waals surface area contributed by atoms with Gasteiger partial charge in [-0.25, -0.2) is 9.78 Å². The van der Waals surface area contributed by atoms with E-state index in [1.54, 1.807) is 26.2 Å². The summed E-state index contributed by atoms with van der Waals surface area (Å²) in [5.74, 6) is 1.40. The molecule has 0 N–H and O–H groups in total. The van der Waals surface area contributed by atoms with Crippen molar-refractivity contribution in [2.45, 2.75) is 46.6 Å². The second-order valence-electron chi connectivity index (χ2n) is 10.6. The number of hydrogen-bond donors (Lipinski definition) is 0. The van der Waals surface area contributed by atoms with E-state index >= 15 is 0 Å². The number of rotatable bonds is 6. The van der Waals surface area contributed by atoms with Gasteiger partial charge in [-0.15, -0.1) is 0 Å². The number of hydrogen-bond acceptors (Lipinski definition) is 8. The van der Waals surface area contributed by atoms with Crippen LogP contribution in [0.15, 0.2) is 71.7 Å². The molecule has 2 heterocycles. The molecule has 1 aliphatic rings. The fourth-order valence-electron chi connectivity index (χ4n) is 5.20. The van der Waals surface area contributed by atoms with Gasteiger partial charge in [0, 0.05) is 23.8 Å². The topological polar surface area (TPSA) is 103 Å². The maximum atomic E-state index is 12.3. The number of benzene rings is 3. The van der Waals surface area contributed by atoms with Crippen molar-refractivity contribution in [2.24, 2.45) is 4.99 Å². The van der Waals surface area contributed by atoms with Crippen molar-refractivity contribution in [3.8, 4) is 34.7 Å². The van der Waals surface area contributed by atoms with Crippen LogP contribution in [-0.2, 0) is 24.2 Å². The summed E-state index contributed by atoms with van der Waals surface area (Å²) in [5, 5.41) is 9.43. The summed E-state index contributed by atoms with van der Waals surface area (Å²) in [5.41, 5.74) is 8.18. The molecule has 44 heavy (non-hydrogen) atoms. The molecule has 0 radical (unpaired) electrons. The Balaban J connectivity index is 1.45. The largest absolute Gasteiger partial charge is 0.494 e. The van der Waals surface area contributed by atoms with Crippen molar-refractivity contribution in [1.82, 2.24) is 4.98 Å². The van der Waals surface area contributed by atoms with E-state index in [0.717, 1.165) is 57.8 Å². The molecule has 0 saturated heterocycles. The molecule has 5 rings (SSSR count). The molecular weight excluding hydrogens is 554 g/mol. The van der Waals surface area contributed by atoms with Crippen LogP contribution >= 0.6 is 0 Å². The molecule has 8 heteroatoms. The van der Waals surface area contributed by atoms with E-state index in [9.17, 15) is 10.1 Å². The Morgan fingerprint density at radius 2 is 1.93 bits per heavy atom. The van der Waals surface area contributed by atoms with E-state index in [-0.39, 0.29) is 0 Å². The minimum absolute atomic E-state index is 0.299. The van der Waals surface area contributed by atoms with Crippen LogP contribution in [0, 0.1) is 18.3 Å². The van der Waals surface area contributed by atoms with E-state index in [2.05, 4.69) is 6.07 Å². The normalized spacial score (nSPS) is 12.9. The predicted molar refractivity (Wildman–Crippen MR) is 169 cm³/mol. The number of methoxy groups -OCH3 is 1. The zero-order chi connectivity index (χ0) is 31.1. The van der Waals surface area contributed by atoms with Crippen LogP contribution in [0.25, 0.3) is 11.3 Å². The van der Waals surface area contributed by atoms with Gasteiger partial charge in [0.25, 0.3) is 0 Å². The lowest BCUT2D eigenvalue weighted by molar-refractivity contribution is 0.0526. The number of aromatic nitrogens is 1. The Labute approximate surface area is 257 Å². The fourth-order valence-corrected chi connectivity index (χ4v) is 5.20. The van der Waals surface area contributed by atoms with Gasteiger partial charge in [-0.3, -0.25) is 4.99 Å². The molecule has 8 nitrogen and oxygen atoms in total. The Bertz CT molecular complexity index is 1760. The molecule has 0 aliphatic carbocycles. The molecule has 224 valence electrons. The number of nitrogens with zero attached hydrogens (tertiary/aromatic N) is 3. The zero-order valence-corrected chi connectivity index (χ0v) is 25.5. The maximum Gasteiger partial charge on any atom is 0.338 e. The van der Waals surface area contributed by atoms with Crippen molar-refractivity contribution >= 4 is 17.4 Å². The van der Waals surface area contributed by atoms with E-state index in [4.69, 9.17) is 28.9 Å². The molecule has 1 aromatic heterocycles. The first kappa shape index (κ1) is 30.3. The van der Waals surface area contributed by atoms with Crippen LogP contribution in [0.2, 0.25) is 0 Å². The molecule has 0 unspecified atom stereocenters. The summed E-state index contributed by atoms with van der Waals surface area (Å²) in [6.45, 7) is 6.81. The van der Waals surface area contributed by atoms with Crippen molar-refractivity contribution in [3.05, 3.63) is 100 Å². The molecule has 1 aliphatic heterocycles. The van der Waals surface area contributed by atoms with E-state index < -0.39 is 5.97 Å². The van der Waals surface area contributed by atoms with Gasteiger partial charge in [-0.05, 0) is 92.3 Å². The average molecular weight is 590 g/mol. The highest BCUT2D eigenvalue weighted by atomic mass is 16.5. The minimum Gasteiger partial charge on any atom is -0.494 e. The molecule has 0 amide bonds. The first-order valence-electron chi connectivity index (χ1n) is 14.7. The van der Waals surface area contributed by atoms with E-state index in [0.29, 0.717) is 54.7 Å². The average Bonchev–Trinajstić information content (AvgIpc) is 3.03. The number of ether oxygens (including phenoxy) is 4. The highest BCUT2D eigenvalue weighted by Gasteiger charge is 2.16. The molecule has 0 atom stereocenters. The standard InChI is InChI=1S/C36H35N3O5/c1-5-42-36(40)30-16-23(2)35(33(20-30)41-4)38-24(3)17-28-14-13-27-19-32(28)43-15-7-8-26-18-25(21-37)11-12-29(26)22-44-34-10-6-9-31(27)39-34/h6,9-14,16,18-20H,5,7-8,15,17,22H2,1-4H3. The minimum atomic E-state index is -0.394. The molecule has 0 spiro atoms. The molecule has 4 bridgehead atoms. The first-order valence-corrected chi connectivity index (χ1v) is 14.7. The number of aliphatic imine (C=N–C) groups is 1. The summed E-state index contributed by atoms with van der Waals surface area (Å²) in [4.78, 5) is 22.0. The Kier molecular flexibility index (Phi) is 9.56. The Morgan fingerprint density at radius 3 is 2.73 bits per heavy atom. The molecule has 4 aromatic rings. The van der Waals surface area contributed by atoms with E-state index in [1.807, 2.05) is 68.4 Å². The van der Waals surface area contributed by atoms with Crippen LogP contribution in [0.3, 0.4) is 0 Å². The summed E-state index contributed by atoms with van der Waals surface area (Å²) >= 11 is 0. The van der Waals surface area contributed by atoms with E-state index in [1.165, 1.54) is 0 Å². The monoisotopic (exact) mass is 589 g/mol. The first-order chi connectivity index (χ1) is 21.4.